The Hall–Kier alpha value is -7.44. The van der Waals surface area contributed by atoms with Crippen LogP contribution in [0.4, 0.5) is 0 Å². The normalized spacial score (nSPS) is 11.7. The molecular weight excluding hydrogens is 665 g/mol. The van der Waals surface area contributed by atoms with Crippen LogP contribution in [0.3, 0.4) is 0 Å². The maximum absolute atomic E-state index is 6.47. The smallest absolute Gasteiger partial charge is 0.227 e. The first-order valence-corrected chi connectivity index (χ1v) is 17.9. The van der Waals surface area contributed by atoms with Crippen molar-refractivity contribution in [1.82, 2.24) is 19.9 Å². The number of fused-ring (bicyclic) bond motifs is 6. The molecule has 6 heteroatoms. The number of nitrogens with zero attached hydrogens (tertiary/aromatic N) is 4. The van der Waals surface area contributed by atoms with Crippen LogP contribution in [0.15, 0.2) is 179 Å². The molecule has 3 aromatic heterocycles. The van der Waals surface area contributed by atoms with Gasteiger partial charge >= 0.3 is 0 Å². The molecule has 0 saturated carbocycles. The van der Waals surface area contributed by atoms with Crippen molar-refractivity contribution < 1.29 is 8.83 Å². The summed E-state index contributed by atoms with van der Waals surface area (Å²) in [6.45, 7) is 0. The standard InChI is InChI=1S/C48H28N4O2/c1-3-14-30(15-4-1)38-27-35(26-33-19-9-10-20-36(33)38)46-50-45(34-24-23-29-13-7-8-18-32(29)25-34)51-47(52-46)43-42-37-21-11-12-22-39(37)53-40(42)28-41-44(43)49-48(54-41)31-16-5-2-6-17-31/h1-28H. The van der Waals surface area contributed by atoms with E-state index in [9.17, 15) is 0 Å². The minimum atomic E-state index is 0.479. The summed E-state index contributed by atoms with van der Waals surface area (Å²) < 4.78 is 12.9. The third-order valence-electron chi connectivity index (χ3n) is 10.1. The molecule has 252 valence electrons. The second-order valence-electron chi connectivity index (χ2n) is 13.4. The van der Waals surface area contributed by atoms with Crippen LogP contribution in [0, 0.1) is 0 Å². The van der Waals surface area contributed by atoms with Crippen molar-refractivity contribution in [1.29, 1.82) is 0 Å². The lowest BCUT2D eigenvalue weighted by atomic mass is 9.95. The summed E-state index contributed by atoms with van der Waals surface area (Å²) in [5, 5.41) is 6.31. The predicted molar refractivity (Wildman–Crippen MR) is 217 cm³/mol. The van der Waals surface area contributed by atoms with Gasteiger partial charge in [-0.2, -0.15) is 0 Å². The molecule has 0 aliphatic rings. The fraction of sp³-hybridized carbons (Fsp3) is 0. The van der Waals surface area contributed by atoms with Gasteiger partial charge in [0.1, 0.15) is 16.7 Å². The fourth-order valence-corrected chi connectivity index (χ4v) is 7.56. The number of hydrogen-bond acceptors (Lipinski definition) is 6. The van der Waals surface area contributed by atoms with Gasteiger partial charge in [-0.1, -0.05) is 127 Å². The molecule has 0 fully saturated rings. The molecule has 0 saturated heterocycles. The molecular formula is C48H28N4O2. The van der Waals surface area contributed by atoms with Gasteiger partial charge in [-0.25, -0.2) is 19.9 Å². The highest BCUT2D eigenvalue weighted by Crippen LogP contribution is 2.43. The Balaban J connectivity index is 1.24. The summed E-state index contributed by atoms with van der Waals surface area (Å²) in [4.78, 5) is 20.9. The molecule has 0 aliphatic heterocycles. The van der Waals surface area contributed by atoms with E-state index in [0.717, 1.165) is 71.3 Å². The van der Waals surface area contributed by atoms with Crippen molar-refractivity contribution in [3.63, 3.8) is 0 Å². The van der Waals surface area contributed by atoms with Crippen molar-refractivity contribution in [3.05, 3.63) is 170 Å². The van der Waals surface area contributed by atoms with Gasteiger partial charge in [-0.05, 0) is 69.1 Å². The van der Waals surface area contributed by atoms with Gasteiger partial charge in [0.25, 0.3) is 0 Å². The molecule has 3 heterocycles. The molecule has 6 nitrogen and oxygen atoms in total. The molecule has 0 aliphatic carbocycles. The van der Waals surface area contributed by atoms with Crippen LogP contribution in [0.2, 0.25) is 0 Å². The quantitative estimate of drug-likeness (QED) is 0.179. The first kappa shape index (κ1) is 30.2. The summed E-state index contributed by atoms with van der Waals surface area (Å²) >= 11 is 0. The SMILES string of the molecule is c1ccc(-c2nc3c(-c4nc(-c5ccc6ccccc6c5)nc(-c5cc(-c6ccccc6)c6ccccc6c5)n4)c4c(cc3o2)oc2ccccc24)cc1. The molecule has 0 radical (unpaired) electrons. The van der Waals surface area contributed by atoms with E-state index in [4.69, 9.17) is 28.8 Å². The van der Waals surface area contributed by atoms with E-state index in [1.54, 1.807) is 0 Å². The summed E-state index contributed by atoms with van der Waals surface area (Å²) in [6, 6.07) is 57.8. The van der Waals surface area contributed by atoms with Gasteiger partial charge in [0.05, 0.1) is 5.56 Å². The van der Waals surface area contributed by atoms with Crippen molar-refractivity contribution in [3.8, 4) is 56.7 Å². The second kappa shape index (κ2) is 12.1. The van der Waals surface area contributed by atoms with Crippen LogP contribution in [-0.4, -0.2) is 19.9 Å². The lowest BCUT2D eigenvalue weighted by Crippen LogP contribution is -2.01. The molecule has 8 aromatic carbocycles. The van der Waals surface area contributed by atoms with E-state index in [0.29, 0.717) is 40.0 Å². The Morgan fingerprint density at radius 3 is 1.80 bits per heavy atom. The van der Waals surface area contributed by atoms with Crippen LogP contribution in [-0.2, 0) is 0 Å². The maximum atomic E-state index is 6.47. The number of hydrogen-bond donors (Lipinski definition) is 0. The van der Waals surface area contributed by atoms with E-state index in [2.05, 4.69) is 97.1 Å². The van der Waals surface area contributed by atoms with Crippen LogP contribution in [0.1, 0.15) is 0 Å². The van der Waals surface area contributed by atoms with E-state index in [1.807, 2.05) is 72.8 Å². The number of oxazole rings is 1. The number of aromatic nitrogens is 4. The highest BCUT2D eigenvalue weighted by Gasteiger charge is 2.25. The van der Waals surface area contributed by atoms with Gasteiger partial charge in [0.2, 0.25) is 5.89 Å². The zero-order valence-corrected chi connectivity index (χ0v) is 28.8. The highest BCUT2D eigenvalue weighted by molar-refractivity contribution is 6.18. The summed E-state index contributed by atoms with van der Waals surface area (Å²) in [7, 11) is 0. The number of furan rings is 1. The minimum Gasteiger partial charge on any atom is -0.456 e. The van der Waals surface area contributed by atoms with Crippen LogP contribution in [0.25, 0.3) is 111 Å². The fourth-order valence-electron chi connectivity index (χ4n) is 7.56. The van der Waals surface area contributed by atoms with Crippen molar-refractivity contribution in [2.45, 2.75) is 0 Å². The zero-order valence-electron chi connectivity index (χ0n) is 28.8. The molecule has 0 bridgehead atoms. The average Bonchev–Trinajstić information content (AvgIpc) is 3.84. The van der Waals surface area contributed by atoms with Gasteiger partial charge in [0.15, 0.2) is 23.1 Å². The summed E-state index contributed by atoms with van der Waals surface area (Å²) in [5.41, 5.74) is 8.25. The molecule has 11 rings (SSSR count). The third kappa shape index (κ3) is 4.96. The van der Waals surface area contributed by atoms with Gasteiger partial charge in [0, 0.05) is 33.5 Å². The first-order chi connectivity index (χ1) is 26.7. The molecule has 11 aromatic rings. The molecule has 0 amide bonds. The van der Waals surface area contributed by atoms with E-state index < -0.39 is 0 Å². The van der Waals surface area contributed by atoms with E-state index in [-0.39, 0.29) is 0 Å². The average molecular weight is 693 g/mol. The van der Waals surface area contributed by atoms with Crippen LogP contribution >= 0.6 is 0 Å². The first-order valence-electron chi connectivity index (χ1n) is 17.9. The number of para-hydroxylation sites is 1. The molecule has 0 atom stereocenters. The maximum Gasteiger partial charge on any atom is 0.227 e. The Bertz CT molecular complexity index is 3220. The lowest BCUT2D eigenvalue weighted by molar-refractivity contribution is 0.617. The second-order valence-corrected chi connectivity index (χ2v) is 13.4. The van der Waals surface area contributed by atoms with Gasteiger partial charge < -0.3 is 8.83 Å². The largest absolute Gasteiger partial charge is 0.456 e. The minimum absolute atomic E-state index is 0.479. The number of benzene rings is 8. The summed E-state index contributed by atoms with van der Waals surface area (Å²) in [6.07, 6.45) is 0. The molecule has 54 heavy (non-hydrogen) atoms. The van der Waals surface area contributed by atoms with Gasteiger partial charge in [-0.15, -0.1) is 0 Å². The van der Waals surface area contributed by atoms with Crippen molar-refractivity contribution in [2.24, 2.45) is 0 Å². The number of rotatable bonds is 5. The third-order valence-corrected chi connectivity index (χ3v) is 10.1. The molecule has 0 spiro atoms. The van der Waals surface area contributed by atoms with Crippen molar-refractivity contribution in [2.75, 3.05) is 0 Å². The van der Waals surface area contributed by atoms with E-state index in [1.165, 1.54) is 0 Å². The van der Waals surface area contributed by atoms with Crippen molar-refractivity contribution >= 4 is 54.6 Å². The Labute approximate surface area is 309 Å². The monoisotopic (exact) mass is 692 g/mol. The van der Waals surface area contributed by atoms with E-state index >= 15 is 0 Å². The Morgan fingerprint density at radius 2 is 0.981 bits per heavy atom. The Kier molecular flexibility index (Phi) is 6.75. The predicted octanol–water partition coefficient (Wildman–Crippen LogP) is 12.6. The molecule has 0 N–H and O–H groups in total. The topological polar surface area (TPSA) is 77.8 Å². The Morgan fingerprint density at radius 1 is 0.352 bits per heavy atom. The zero-order chi connectivity index (χ0) is 35.6. The summed E-state index contributed by atoms with van der Waals surface area (Å²) in [5.74, 6) is 2.10. The highest BCUT2D eigenvalue weighted by atomic mass is 16.4. The molecule has 0 unspecified atom stereocenters. The van der Waals surface area contributed by atoms with Crippen LogP contribution < -0.4 is 0 Å². The van der Waals surface area contributed by atoms with Crippen LogP contribution in [0.5, 0.6) is 0 Å². The lowest BCUT2D eigenvalue weighted by Gasteiger charge is -2.13. The van der Waals surface area contributed by atoms with Gasteiger partial charge in [-0.3, -0.25) is 0 Å².